The van der Waals surface area contributed by atoms with Crippen LogP contribution in [0.2, 0.25) is 0 Å². The molecule has 4 aromatic rings. The number of fused-ring (bicyclic) bond motifs is 1. The van der Waals surface area contributed by atoms with Gasteiger partial charge in [-0.25, -0.2) is 9.59 Å². The van der Waals surface area contributed by atoms with Crippen molar-refractivity contribution < 1.29 is 19.1 Å². The van der Waals surface area contributed by atoms with Crippen molar-refractivity contribution in [1.29, 1.82) is 0 Å². The summed E-state index contributed by atoms with van der Waals surface area (Å²) in [4.78, 5) is 47.8. The Labute approximate surface area is 215 Å². The molecule has 2 fully saturated rings. The number of esters is 1. The minimum atomic E-state index is -0.578. The van der Waals surface area contributed by atoms with E-state index in [2.05, 4.69) is 41.3 Å². The molecule has 1 aliphatic heterocycles. The van der Waals surface area contributed by atoms with Gasteiger partial charge in [-0.2, -0.15) is 19.6 Å². The molecule has 2 aliphatic rings. The number of carbonyl (C=O) groups excluding carboxylic acids is 3. The van der Waals surface area contributed by atoms with Gasteiger partial charge in [0.25, 0.3) is 5.91 Å². The van der Waals surface area contributed by atoms with Crippen molar-refractivity contribution in [2.24, 2.45) is 0 Å². The van der Waals surface area contributed by atoms with Crippen LogP contribution < -0.4 is 21.3 Å². The summed E-state index contributed by atoms with van der Waals surface area (Å²) in [6.45, 7) is 0.394. The highest BCUT2D eigenvalue weighted by Gasteiger charge is 2.26. The lowest BCUT2D eigenvalue weighted by molar-refractivity contribution is -0.115. The Morgan fingerprint density at radius 3 is 2.76 bits per heavy atom. The number of hydrogen-bond acceptors (Lipinski definition) is 9. The first kappa shape index (κ1) is 23.2. The van der Waals surface area contributed by atoms with E-state index in [1.54, 1.807) is 16.8 Å². The third-order valence-electron chi connectivity index (χ3n) is 6.16. The molecule has 192 valence electrons. The number of benzene rings is 1. The molecule has 0 atom stereocenters. The predicted molar refractivity (Wildman–Crippen MR) is 137 cm³/mol. The minimum absolute atomic E-state index is 0.112. The minimum Gasteiger partial charge on any atom is -0.464 e. The van der Waals surface area contributed by atoms with Crippen LogP contribution >= 0.6 is 0 Å². The van der Waals surface area contributed by atoms with E-state index in [1.807, 2.05) is 30.3 Å². The normalized spacial score (nSPS) is 16.0. The van der Waals surface area contributed by atoms with E-state index in [-0.39, 0.29) is 5.70 Å². The zero-order valence-electron chi connectivity index (χ0n) is 20.2. The van der Waals surface area contributed by atoms with Gasteiger partial charge in [0.1, 0.15) is 11.4 Å². The summed E-state index contributed by atoms with van der Waals surface area (Å²) in [5, 5.41) is 15.7. The number of nitrogens with one attached hydrogen (secondary N) is 5. The van der Waals surface area contributed by atoms with Crippen LogP contribution in [0.3, 0.4) is 0 Å². The fourth-order valence-corrected chi connectivity index (χ4v) is 4.11. The van der Waals surface area contributed by atoms with Gasteiger partial charge in [-0.3, -0.25) is 10.1 Å². The highest BCUT2D eigenvalue weighted by molar-refractivity contribution is 6.14. The summed E-state index contributed by atoms with van der Waals surface area (Å²) in [7, 11) is 1.34. The number of carbonyl (C=O) groups is 3. The number of aromatic amines is 1. The van der Waals surface area contributed by atoms with Crippen LogP contribution in [-0.4, -0.2) is 55.6 Å². The second-order valence-corrected chi connectivity index (χ2v) is 8.88. The van der Waals surface area contributed by atoms with E-state index in [4.69, 9.17) is 4.74 Å². The number of nitrogens with zero attached hydrogens (tertiary/aromatic N) is 4. The van der Waals surface area contributed by atoms with Crippen molar-refractivity contribution in [3.05, 3.63) is 65.1 Å². The lowest BCUT2D eigenvalue weighted by Crippen LogP contribution is -2.22. The van der Waals surface area contributed by atoms with Gasteiger partial charge in [0.15, 0.2) is 5.65 Å². The molecule has 6 rings (SSSR count). The summed E-state index contributed by atoms with van der Waals surface area (Å²) < 4.78 is 6.37. The first-order valence-electron chi connectivity index (χ1n) is 11.9. The molecule has 1 saturated heterocycles. The number of ether oxygens (including phenoxy) is 1. The van der Waals surface area contributed by atoms with Crippen LogP contribution in [0.15, 0.2) is 48.3 Å². The Morgan fingerprint density at radius 1 is 1.16 bits per heavy atom. The first-order valence-corrected chi connectivity index (χ1v) is 11.9. The lowest BCUT2D eigenvalue weighted by Gasteiger charge is -2.12. The van der Waals surface area contributed by atoms with Crippen molar-refractivity contribution in [2.75, 3.05) is 17.7 Å². The molecule has 3 aromatic heterocycles. The lowest BCUT2D eigenvalue weighted by atomic mass is 10.0. The number of urea groups is 1. The van der Waals surface area contributed by atoms with Gasteiger partial charge in [0, 0.05) is 29.4 Å². The standard InChI is InChI=1S/C25H23N9O4/c1-38-22(36)18-9-8-17(29-18)16-5-3-2-4-13(16)11-26-23-31-20-14(10-19-21(35)32-25(37)30-19)12-27-34(20)24(33-23)28-15-6-7-15/h2-5,8-10,12,15,29H,6-7,11H2,1H3,(H2,26,28,31,33)(H2,30,32,35,37)/b19-10-. The van der Waals surface area contributed by atoms with Crippen molar-refractivity contribution >= 4 is 41.5 Å². The molecule has 4 heterocycles. The number of anilines is 2. The molecule has 0 radical (unpaired) electrons. The second kappa shape index (κ2) is 9.35. The maximum Gasteiger partial charge on any atom is 0.354 e. The Kier molecular flexibility index (Phi) is 5.71. The zero-order valence-corrected chi connectivity index (χ0v) is 20.2. The van der Waals surface area contributed by atoms with Crippen molar-refractivity contribution in [3.8, 4) is 11.3 Å². The Morgan fingerprint density at radius 2 is 2.00 bits per heavy atom. The molecule has 1 aliphatic carbocycles. The molecule has 0 spiro atoms. The summed E-state index contributed by atoms with van der Waals surface area (Å²) in [6, 6.07) is 11.0. The number of amides is 3. The monoisotopic (exact) mass is 513 g/mol. The maximum atomic E-state index is 12.0. The molecular weight excluding hydrogens is 490 g/mol. The number of imide groups is 1. The molecule has 3 amide bonds. The van der Waals surface area contributed by atoms with Crippen LogP contribution in [0.4, 0.5) is 16.7 Å². The maximum absolute atomic E-state index is 12.0. The van der Waals surface area contributed by atoms with Gasteiger partial charge in [-0.15, -0.1) is 0 Å². The van der Waals surface area contributed by atoms with E-state index in [0.717, 1.165) is 29.7 Å². The summed E-state index contributed by atoms with van der Waals surface area (Å²) in [6.07, 6.45) is 5.17. The number of rotatable bonds is 8. The average Bonchev–Trinajstić information content (AvgIpc) is 3.29. The van der Waals surface area contributed by atoms with E-state index >= 15 is 0 Å². The number of hydrogen-bond donors (Lipinski definition) is 5. The summed E-state index contributed by atoms with van der Waals surface area (Å²) in [5.74, 6) is -0.0815. The predicted octanol–water partition coefficient (Wildman–Crippen LogP) is 2.27. The van der Waals surface area contributed by atoms with Crippen molar-refractivity contribution in [1.82, 2.24) is 35.2 Å². The third kappa shape index (κ3) is 4.52. The Bertz CT molecular complexity index is 1620. The molecule has 1 saturated carbocycles. The second-order valence-electron chi connectivity index (χ2n) is 8.88. The third-order valence-corrected chi connectivity index (χ3v) is 6.16. The van der Waals surface area contributed by atoms with Gasteiger partial charge in [0.2, 0.25) is 11.9 Å². The van der Waals surface area contributed by atoms with Gasteiger partial charge >= 0.3 is 12.0 Å². The summed E-state index contributed by atoms with van der Waals surface area (Å²) >= 11 is 0. The zero-order chi connectivity index (χ0) is 26.2. The Balaban J connectivity index is 1.31. The van der Waals surface area contributed by atoms with Crippen molar-refractivity contribution in [2.45, 2.75) is 25.4 Å². The average molecular weight is 514 g/mol. The molecule has 38 heavy (non-hydrogen) atoms. The molecular formula is C25H23N9O4. The first-order chi connectivity index (χ1) is 18.5. The van der Waals surface area contributed by atoms with E-state index < -0.39 is 17.9 Å². The van der Waals surface area contributed by atoms with E-state index in [9.17, 15) is 14.4 Å². The van der Waals surface area contributed by atoms with Crippen LogP contribution in [0.25, 0.3) is 23.0 Å². The molecule has 0 bridgehead atoms. The number of aromatic nitrogens is 5. The molecule has 1 aromatic carbocycles. The van der Waals surface area contributed by atoms with Gasteiger partial charge in [0.05, 0.1) is 13.3 Å². The summed E-state index contributed by atoms with van der Waals surface area (Å²) in [5.41, 5.74) is 4.12. The molecule has 0 unspecified atom stereocenters. The largest absolute Gasteiger partial charge is 0.464 e. The van der Waals surface area contributed by atoms with Crippen LogP contribution in [-0.2, 0) is 16.1 Å². The van der Waals surface area contributed by atoms with Gasteiger partial charge in [-0.05, 0) is 36.6 Å². The molecule has 13 nitrogen and oxygen atoms in total. The van der Waals surface area contributed by atoms with Crippen molar-refractivity contribution in [3.63, 3.8) is 0 Å². The number of methoxy groups -OCH3 is 1. The topological polar surface area (TPSA) is 167 Å². The smallest absolute Gasteiger partial charge is 0.354 e. The SMILES string of the molecule is COC(=O)c1ccc(-c2ccccc2CNc2nc(NC3CC3)n3ncc(/C=C4\NC(=O)NC4=O)c3n2)[nH]1. The van der Waals surface area contributed by atoms with Gasteiger partial charge in [-0.1, -0.05) is 24.3 Å². The highest BCUT2D eigenvalue weighted by Crippen LogP contribution is 2.27. The molecule has 5 N–H and O–H groups in total. The van der Waals surface area contributed by atoms with Crippen LogP contribution in [0.5, 0.6) is 0 Å². The van der Waals surface area contributed by atoms with E-state index in [0.29, 0.717) is 41.4 Å². The van der Waals surface area contributed by atoms with Crippen LogP contribution in [0, 0.1) is 0 Å². The fraction of sp³-hybridized carbons (Fsp3) is 0.200. The Hall–Kier alpha value is -5.20. The highest BCUT2D eigenvalue weighted by atomic mass is 16.5. The number of H-pyrrole nitrogens is 1. The fourth-order valence-electron chi connectivity index (χ4n) is 4.11. The molecule has 13 heteroatoms. The van der Waals surface area contributed by atoms with E-state index in [1.165, 1.54) is 13.2 Å². The van der Waals surface area contributed by atoms with Gasteiger partial charge < -0.3 is 25.7 Å². The van der Waals surface area contributed by atoms with Crippen LogP contribution in [0.1, 0.15) is 34.5 Å². The quantitative estimate of drug-likeness (QED) is 0.135.